The fourth-order valence-electron chi connectivity index (χ4n) is 3.85. The number of benzene rings is 1. The van der Waals surface area contributed by atoms with Gasteiger partial charge in [0.05, 0.1) is 18.7 Å². The van der Waals surface area contributed by atoms with Crippen molar-refractivity contribution in [2.75, 3.05) is 40.3 Å². The van der Waals surface area contributed by atoms with Crippen molar-refractivity contribution in [1.82, 2.24) is 14.4 Å². The molecule has 6 heteroatoms. The van der Waals surface area contributed by atoms with E-state index in [1.807, 2.05) is 38.1 Å². The molecule has 1 aliphatic heterocycles. The summed E-state index contributed by atoms with van der Waals surface area (Å²) in [7, 11) is 3.74. The van der Waals surface area contributed by atoms with E-state index in [0.29, 0.717) is 12.1 Å². The van der Waals surface area contributed by atoms with Crippen LogP contribution in [-0.2, 0) is 6.54 Å². The van der Waals surface area contributed by atoms with E-state index < -0.39 is 0 Å². The number of methoxy groups -OCH3 is 1. The summed E-state index contributed by atoms with van der Waals surface area (Å²) in [6, 6.07) is 9.19. The molecule has 1 atom stereocenters. The number of hydrogen-bond donors (Lipinski definition) is 1. The Kier molecular flexibility index (Phi) is 5.87. The lowest BCUT2D eigenvalue weighted by Gasteiger charge is -2.38. The molecule has 1 N–H and O–H groups in total. The molecule has 2 aromatic rings. The van der Waals surface area contributed by atoms with Crippen LogP contribution in [-0.4, -0.2) is 59.8 Å². The van der Waals surface area contributed by atoms with Gasteiger partial charge in [-0.25, -0.2) is 0 Å². The minimum atomic E-state index is -0.282. The van der Waals surface area contributed by atoms with Gasteiger partial charge in [-0.3, -0.25) is 9.69 Å². The van der Waals surface area contributed by atoms with Crippen molar-refractivity contribution in [3.8, 4) is 11.5 Å². The predicted molar refractivity (Wildman–Crippen MR) is 107 cm³/mol. The van der Waals surface area contributed by atoms with Crippen molar-refractivity contribution < 1.29 is 9.84 Å². The molecule has 0 saturated carbocycles. The molecule has 1 aromatic heterocycles. The van der Waals surface area contributed by atoms with Crippen LogP contribution in [0.5, 0.6) is 11.5 Å². The molecule has 0 aliphatic carbocycles. The Morgan fingerprint density at radius 1 is 1.15 bits per heavy atom. The number of likely N-dealkylation sites (N-methyl/N-ethyl adjacent to an activating group) is 1. The molecule has 0 spiro atoms. The lowest BCUT2D eigenvalue weighted by Crippen LogP contribution is -2.47. The smallest absolute Gasteiger partial charge is 0.259 e. The van der Waals surface area contributed by atoms with Gasteiger partial charge in [-0.05, 0) is 44.7 Å². The zero-order chi connectivity index (χ0) is 19.6. The summed E-state index contributed by atoms with van der Waals surface area (Å²) < 4.78 is 7.00. The average Bonchev–Trinajstić information content (AvgIpc) is 2.66. The van der Waals surface area contributed by atoms with E-state index in [4.69, 9.17) is 4.74 Å². The van der Waals surface area contributed by atoms with Gasteiger partial charge in [-0.15, -0.1) is 0 Å². The number of aromatic hydroxyl groups is 1. The second-order valence-corrected chi connectivity index (χ2v) is 7.15. The molecular weight excluding hydrogens is 342 g/mol. The van der Waals surface area contributed by atoms with E-state index in [2.05, 4.69) is 16.8 Å². The zero-order valence-electron chi connectivity index (χ0n) is 16.6. The molecule has 0 amide bonds. The summed E-state index contributed by atoms with van der Waals surface area (Å²) in [5.41, 5.74) is 2.10. The first-order valence-electron chi connectivity index (χ1n) is 9.46. The third-order valence-electron chi connectivity index (χ3n) is 5.45. The number of aromatic nitrogens is 1. The predicted octanol–water partition coefficient (Wildman–Crippen LogP) is 2.23. The molecule has 146 valence electrons. The Morgan fingerprint density at radius 3 is 2.33 bits per heavy atom. The molecule has 2 heterocycles. The number of hydrogen-bond acceptors (Lipinski definition) is 5. The third-order valence-corrected chi connectivity index (χ3v) is 5.45. The van der Waals surface area contributed by atoms with Gasteiger partial charge in [-0.1, -0.05) is 12.1 Å². The number of pyridine rings is 1. The maximum absolute atomic E-state index is 13.2. The first-order chi connectivity index (χ1) is 13.0. The van der Waals surface area contributed by atoms with Crippen molar-refractivity contribution in [2.45, 2.75) is 26.4 Å². The van der Waals surface area contributed by atoms with Crippen LogP contribution in [0.25, 0.3) is 0 Å². The minimum absolute atomic E-state index is 0.0712. The molecule has 3 rings (SSSR count). The van der Waals surface area contributed by atoms with E-state index in [-0.39, 0.29) is 17.4 Å². The number of piperazine rings is 1. The topological polar surface area (TPSA) is 57.9 Å². The van der Waals surface area contributed by atoms with Crippen LogP contribution < -0.4 is 10.3 Å². The van der Waals surface area contributed by atoms with Crippen LogP contribution in [0.15, 0.2) is 35.1 Å². The summed E-state index contributed by atoms with van der Waals surface area (Å²) in [4.78, 5) is 17.8. The maximum Gasteiger partial charge on any atom is 0.259 e. The first kappa shape index (κ1) is 19.5. The van der Waals surface area contributed by atoms with Crippen molar-refractivity contribution in [3.63, 3.8) is 0 Å². The highest BCUT2D eigenvalue weighted by atomic mass is 16.5. The first-order valence-corrected chi connectivity index (χ1v) is 9.46. The quantitative estimate of drug-likeness (QED) is 0.873. The highest BCUT2D eigenvalue weighted by Crippen LogP contribution is 2.33. The zero-order valence-corrected chi connectivity index (χ0v) is 16.6. The van der Waals surface area contributed by atoms with Gasteiger partial charge in [0, 0.05) is 38.4 Å². The van der Waals surface area contributed by atoms with E-state index in [1.54, 1.807) is 17.7 Å². The van der Waals surface area contributed by atoms with E-state index >= 15 is 0 Å². The Hall–Kier alpha value is -2.31. The summed E-state index contributed by atoms with van der Waals surface area (Å²) >= 11 is 0. The molecular formula is C21H29N3O3. The molecule has 1 aliphatic rings. The molecule has 1 fully saturated rings. The van der Waals surface area contributed by atoms with Gasteiger partial charge >= 0.3 is 0 Å². The Morgan fingerprint density at radius 2 is 1.78 bits per heavy atom. The SMILES string of the molecule is CCn1c(C)cc(O)c(C(c2ccc(OC)cc2)N2CCN(C)CC2)c1=O. The number of rotatable bonds is 5. The second kappa shape index (κ2) is 8.15. The van der Waals surface area contributed by atoms with Crippen LogP contribution >= 0.6 is 0 Å². The monoisotopic (exact) mass is 371 g/mol. The van der Waals surface area contributed by atoms with Gasteiger partial charge in [-0.2, -0.15) is 0 Å². The Balaban J connectivity index is 2.14. The van der Waals surface area contributed by atoms with Crippen molar-refractivity contribution in [3.05, 3.63) is 57.5 Å². The van der Waals surface area contributed by atoms with Gasteiger partial charge in [0.1, 0.15) is 11.5 Å². The van der Waals surface area contributed by atoms with Crippen LogP contribution in [0.1, 0.15) is 29.8 Å². The fourth-order valence-corrected chi connectivity index (χ4v) is 3.85. The highest BCUT2D eigenvalue weighted by molar-refractivity contribution is 5.42. The van der Waals surface area contributed by atoms with Crippen LogP contribution in [0.2, 0.25) is 0 Å². The summed E-state index contributed by atoms with van der Waals surface area (Å²) in [6.07, 6.45) is 0. The Bertz CT molecular complexity index is 837. The van der Waals surface area contributed by atoms with Crippen LogP contribution in [0.3, 0.4) is 0 Å². The molecule has 0 radical (unpaired) electrons. The Labute approximate surface area is 160 Å². The van der Waals surface area contributed by atoms with Gasteiger partial charge in [0.2, 0.25) is 0 Å². The average molecular weight is 371 g/mol. The number of ether oxygens (including phenoxy) is 1. The van der Waals surface area contributed by atoms with Crippen molar-refractivity contribution in [2.24, 2.45) is 0 Å². The van der Waals surface area contributed by atoms with E-state index in [9.17, 15) is 9.90 Å². The summed E-state index contributed by atoms with van der Waals surface area (Å²) in [5, 5.41) is 10.7. The third kappa shape index (κ3) is 3.87. The molecule has 27 heavy (non-hydrogen) atoms. The number of aryl methyl sites for hydroxylation is 1. The van der Waals surface area contributed by atoms with Crippen LogP contribution in [0.4, 0.5) is 0 Å². The summed E-state index contributed by atoms with van der Waals surface area (Å²) in [5.74, 6) is 0.844. The minimum Gasteiger partial charge on any atom is -0.507 e. The highest BCUT2D eigenvalue weighted by Gasteiger charge is 2.30. The second-order valence-electron chi connectivity index (χ2n) is 7.15. The molecule has 1 saturated heterocycles. The van der Waals surface area contributed by atoms with Crippen molar-refractivity contribution >= 4 is 0 Å². The van der Waals surface area contributed by atoms with Crippen LogP contribution in [0, 0.1) is 6.92 Å². The molecule has 1 aromatic carbocycles. The maximum atomic E-state index is 13.2. The fraction of sp³-hybridized carbons (Fsp3) is 0.476. The lowest BCUT2D eigenvalue weighted by atomic mass is 9.96. The standard InChI is InChI=1S/C21H29N3O3/c1-5-24-15(2)14-18(25)19(21(24)26)20(23-12-10-22(3)11-13-23)16-6-8-17(27-4)9-7-16/h6-9,14,20,25H,5,10-13H2,1-4H3. The van der Waals surface area contributed by atoms with E-state index in [1.165, 1.54) is 0 Å². The van der Waals surface area contributed by atoms with E-state index in [0.717, 1.165) is 43.2 Å². The summed E-state index contributed by atoms with van der Waals surface area (Å²) in [6.45, 7) is 7.93. The molecule has 6 nitrogen and oxygen atoms in total. The molecule has 1 unspecified atom stereocenters. The normalized spacial score (nSPS) is 17.0. The van der Waals surface area contributed by atoms with Gasteiger partial charge in [0.25, 0.3) is 5.56 Å². The number of nitrogens with zero attached hydrogens (tertiary/aromatic N) is 3. The van der Waals surface area contributed by atoms with Gasteiger partial charge < -0.3 is 19.3 Å². The lowest BCUT2D eigenvalue weighted by molar-refractivity contribution is 0.125. The largest absolute Gasteiger partial charge is 0.507 e. The van der Waals surface area contributed by atoms with Gasteiger partial charge in [0.15, 0.2) is 0 Å². The molecule has 0 bridgehead atoms. The van der Waals surface area contributed by atoms with Crippen molar-refractivity contribution in [1.29, 1.82) is 0 Å².